The number of sulfone groups is 1. The second-order valence-electron chi connectivity index (χ2n) is 4.82. The van der Waals surface area contributed by atoms with Crippen LogP contribution in [-0.4, -0.2) is 24.6 Å². The molecule has 0 fully saturated rings. The van der Waals surface area contributed by atoms with Crippen molar-refractivity contribution in [2.24, 2.45) is 0 Å². The SMILES string of the molecule is Cc1nc2c(-c3ccc(S(C)(=O)=O)cc3)cccc2[nH]1. The fourth-order valence-corrected chi connectivity index (χ4v) is 2.90. The first-order chi connectivity index (χ1) is 9.45. The second kappa shape index (κ2) is 4.45. The van der Waals surface area contributed by atoms with Gasteiger partial charge >= 0.3 is 0 Å². The predicted octanol–water partition coefficient (Wildman–Crippen LogP) is 2.94. The van der Waals surface area contributed by atoms with Gasteiger partial charge in [-0.3, -0.25) is 0 Å². The van der Waals surface area contributed by atoms with Gasteiger partial charge in [-0.05, 0) is 30.7 Å². The van der Waals surface area contributed by atoms with Gasteiger partial charge in [0.25, 0.3) is 0 Å². The number of H-pyrrole nitrogens is 1. The van der Waals surface area contributed by atoms with Crippen molar-refractivity contribution in [1.82, 2.24) is 9.97 Å². The van der Waals surface area contributed by atoms with Crippen LogP contribution in [0.15, 0.2) is 47.4 Å². The van der Waals surface area contributed by atoms with Gasteiger partial charge in [0.1, 0.15) is 5.82 Å². The molecular formula is C15H14N2O2S. The first-order valence-corrected chi connectivity index (χ1v) is 8.10. The smallest absolute Gasteiger partial charge is 0.175 e. The summed E-state index contributed by atoms with van der Waals surface area (Å²) in [4.78, 5) is 8.01. The highest BCUT2D eigenvalue weighted by Crippen LogP contribution is 2.27. The molecular weight excluding hydrogens is 272 g/mol. The quantitative estimate of drug-likeness (QED) is 0.787. The van der Waals surface area contributed by atoms with Crippen LogP contribution in [-0.2, 0) is 9.84 Å². The highest BCUT2D eigenvalue weighted by molar-refractivity contribution is 7.90. The lowest BCUT2D eigenvalue weighted by atomic mass is 10.0. The molecule has 1 heterocycles. The van der Waals surface area contributed by atoms with Crippen molar-refractivity contribution in [1.29, 1.82) is 0 Å². The summed E-state index contributed by atoms with van der Waals surface area (Å²) in [6.07, 6.45) is 1.21. The molecule has 2 aromatic carbocycles. The van der Waals surface area contributed by atoms with Gasteiger partial charge in [0.05, 0.1) is 15.9 Å². The van der Waals surface area contributed by atoms with E-state index < -0.39 is 9.84 Å². The first kappa shape index (κ1) is 12.9. The van der Waals surface area contributed by atoms with Gasteiger partial charge in [0.2, 0.25) is 0 Å². The molecule has 20 heavy (non-hydrogen) atoms. The van der Waals surface area contributed by atoms with Crippen LogP contribution in [0.3, 0.4) is 0 Å². The Morgan fingerprint density at radius 2 is 1.75 bits per heavy atom. The molecule has 0 amide bonds. The minimum Gasteiger partial charge on any atom is -0.342 e. The third-order valence-corrected chi connectivity index (χ3v) is 4.35. The zero-order valence-electron chi connectivity index (χ0n) is 11.2. The summed E-state index contributed by atoms with van der Waals surface area (Å²) in [5.74, 6) is 0.861. The van der Waals surface area contributed by atoms with E-state index in [1.807, 2.05) is 37.3 Å². The third-order valence-electron chi connectivity index (χ3n) is 3.22. The minimum absolute atomic E-state index is 0.326. The first-order valence-electron chi connectivity index (χ1n) is 6.21. The van der Waals surface area contributed by atoms with Gasteiger partial charge in [-0.15, -0.1) is 0 Å². The molecule has 0 saturated heterocycles. The molecule has 0 bridgehead atoms. The second-order valence-corrected chi connectivity index (χ2v) is 6.84. The average Bonchev–Trinajstić information content (AvgIpc) is 2.78. The van der Waals surface area contributed by atoms with E-state index in [2.05, 4.69) is 9.97 Å². The molecule has 102 valence electrons. The summed E-state index contributed by atoms with van der Waals surface area (Å²) in [7, 11) is -3.16. The van der Waals surface area contributed by atoms with E-state index in [1.54, 1.807) is 12.1 Å². The van der Waals surface area contributed by atoms with Crippen LogP contribution >= 0.6 is 0 Å². The predicted molar refractivity (Wildman–Crippen MR) is 79.4 cm³/mol. The lowest BCUT2D eigenvalue weighted by molar-refractivity contribution is 0.602. The summed E-state index contributed by atoms with van der Waals surface area (Å²) in [6.45, 7) is 1.91. The van der Waals surface area contributed by atoms with Gasteiger partial charge in [0.15, 0.2) is 9.84 Å². The zero-order valence-corrected chi connectivity index (χ0v) is 12.0. The number of benzene rings is 2. The lowest BCUT2D eigenvalue weighted by Crippen LogP contribution is -1.96. The highest BCUT2D eigenvalue weighted by Gasteiger charge is 2.10. The maximum atomic E-state index is 11.5. The van der Waals surface area contributed by atoms with Gasteiger partial charge in [-0.1, -0.05) is 24.3 Å². The van der Waals surface area contributed by atoms with E-state index in [0.717, 1.165) is 28.0 Å². The van der Waals surface area contributed by atoms with E-state index >= 15 is 0 Å². The van der Waals surface area contributed by atoms with Crippen LogP contribution in [0.4, 0.5) is 0 Å². The number of imidazole rings is 1. The molecule has 5 heteroatoms. The van der Waals surface area contributed by atoms with Crippen molar-refractivity contribution in [2.45, 2.75) is 11.8 Å². The highest BCUT2D eigenvalue weighted by atomic mass is 32.2. The Morgan fingerprint density at radius 3 is 2.40 bits per heavy atom. The molecule has 0 spiro atoms. The molecule has 0 radical (unpaired) electrons. The normalized spacial score (nSPS) is 11.9. The van der Waals surface area contributed by atoms with Gasteiger partial charge in [-0.25, -0.2) is 13.4 Å². The third kappa shape index (κ3) is 2.20. The molecule has 0 atom stereocenters. The zero-order chi connectivity index (χ0) is 14.3. The topological polar surface area (TPSA) is 62.8 Å². The Morgan fingerprint density at radius 1 is 1.05 bits per heavy atom. The minimum atomic E-state index is -3.16. The Labute approximate surface area is 117 Å². The van der Waals surface area contributed by atoms with Crippen LogP contribution in [0, 0.1) is 6.92 Å². The van der Waals surface area contributed by atoms with Crippen LogP contribution in [0.1, 0.15) is 5.82 Å². The standard InChI is InChI=1S/C15H14N2O2S/c1-10-16-14-5-3-4-13(15(14)17-10)11-6-8-12(9-7-11)20(2,18)19/h3-9H,1-2H3,(H,16,17). The summed E-state index contributed by atoms with van der Waals surface area (Å²) < 4.78 is 23.0. The van der Waals surface area contributed by atoms with E-state index in [9.17, 15) is 8.42 Å². The average molecular weight is 286 g/mol. The molecule has 3 aromatic rings. The maximum absolute atomic E-state index is 11.5. The number of hydrogen-bond acceptors (Lipinski definition) is 3. The molecule has 3 rings (SSSR count). The fourth-order valence-electron chi connectivity index (χ4n) is 2.27. The Balaban J connectivity index is 2.16. The lowest BCUT2D eigenvalue weighted by Gasteiger charge is -2.04. The number of para-hydroxylation sites is 1. The van der Waals surface area contributed by atoms with E-state index in [4.69, 9.17) is 0 Å². The number of aromatic nitrogens is 2. The number of hydrogen-bond donors (Lipinski definition) is 1. The number of fused-ring (bicyclic) bond motifs is 1. The van der Waals surface area contributed by atoms with Crippen molar-refractivity contribution < 1.29 is 8.42 Å². The molecule has 0 aliphatic rings. The van der Waals surface area contributed by atoms with E-state index in [0.29, 0.717) is 4.90 Å². The molecule has 0 aliphatic heterocycles. The number of aryl methyl sites for hydroxylation is 1. The summed E-state index contributed by atoms with van der Waals surface area (Å²) in [6, 6.07) is 12.8. The number of aromatic amines is 1. The summed E-state index contributed by atoms with van der Waals surface area (Å²) in [5, 5.41) is 0. The number of rotatable bonds is 2. The Hall–Kier alpha value is -2.14. The van der Waals surface area contributed by atoms with Crippen molar-refractivity contribution in [3.05, 3.63) is 48.3 Å². The van der Waals surface area contributed by atoms with Crippen LogP contribution in [0.25, 0.3) is 22.2 Å². The van der Waals surface area contributed by atoms with Gasteiger partial charge in [-0.2, -0.15) is 0 Å². The molecule has 0 saturated carbocycles. The van der Waals surface area contributed by atoms with Crippen LogP contribution < -0.4 is 0 Å². The molecule has 1 aromatic heterocycles. The Kier molecular flexibility index (Phi) is 2.87. The van der Waals surface area contributed by atoms with Gasteiger partial charge < -0.3 is 4.98 Å². The van der Waals surface area contributed by atoms with E-state index in [-0.39, 0.29) is 0 Å². The van der Waals surface area contributed by atoms with E-state index in [1.165, 1.54) is 6.26 Å². The van der Waals surface area contributed by atoms with Crippen LogP contribution in [0.2, 0.25) is 0 Å². The van der Waals surface area contributed by atoms with Crippen LogP contribution in [0.5, 0.6) is 0 Å². The van der Waals surface area contributed by atoms with Crippen molar-refractivity contribution in [2.75, 3.05) is 6.26 Å². The van der Waals surface area contributed by atoms with Crippen molar-refractivity contribution in [3.8, 4) is 11.1 Å². The van der Waals surface area contributed by atoms with Gasteiger partial charge in [0, 0.05) is 11.8 Å². The number of nitrogens with one attached hydrogen (secondary N) is 1. The molecule has 1 N–H and O–H groups in total. The molecule has 0 aliphatic carbocycles. The summed E-state index contributed by atoms with van der Waals surface area (Å²) >= 11 is 0. The molecule has 4 nitrogen and oxygen atoms in total. The summed E-state index contributed by atoms with van der Waals surface area (Å²) in [5.41, 5.74) is 3.82. The molecule has 0 unspecified atom stereocenters. The van der Waals surface area contributed by atoms with Crippen molar-refractivity contribution >= 4 is 20.9 Å². The maximum Gasteiger partial charge on any atom is 0.175 e. The Bertz CT molecular complexity index is 878. The monoisotopic (exact) mass is 286 g/mol. The van der Waals surface area contributed by atoms with Crippen molar-refractivity contribution in [3.63, 3.8) is 0 Å². The largest absolute Gasteiger partial charge is 0.342 e. The fraction of sp³-hybridized carbons (Fsp3) is 0.133. The number of nitrogens with zero attached hydrogens (tertiary/aromatic N) is 1.